The van der Waals surface area contributed by atoms with Crippen LogP contribution in [0.2, 0.25) is 0 Å². The number of furan rings is 1. The maximum atomic E-state index is 6.28. The van der Waals surface area contributed by atoms with Crippen molar-refractivity contribution in [3.8, 4) is 28.2 Å². The van der Waals surface area contributed by atoms with Gasteiger partial charge in [-0.3, -0.25) is 4.57 Å². The lowest BCUT2D eigenvalue weighted by Gasteiger charge is -2.12. The number of fused-ring (bicyclic) bond motifs is 3. The van der Waals surface area contributed by atoms with Crippen LogP contribution in [0.1, 0.15) is 33.0 Å². The van der Waals surface area contributed by atoms with Crippen molar-refractivity contribution in [2.45, 2.75) is 33.6 Å². The monoisotopic (exact) mass is 509 g/mol. The molecule has 0 atom stereocenters. The molecule has 0 bridgehead atoms. The van der Waals surface area contributed by atoms with Gasteiger partial charge in [0.15, 0.2) is 5.82 Å². The fraction of sp³-hybridized carbons (Fsp3) is 0.143. The molecule has 6 rings (SSSR count). The number of benzene rings is 4. The van der Waals surface area contributed by atoms with E-state index < -0.39 is 0 Å². The maximum Gasteiger partial charge on any atom is 0.168 e. The topological polar surface area (TPSA) is 43.9 Å². The molecule has 2 aromatic heterocycles. The van der Waals surface area contributed by atoms with Crippen LogP contribution in [0.25, 0.3) is 50.1 Å². The van der Waals surface area contributed by atoms with Crippen molar-refractivity contribution in [1.29, 1.82) is 0 Å². The minimum atomic E-state index is 0.725. The number of rotatable bonds is 7. The van der Waals surface area contributed by atoms with Crippen LogP contribution in [0, 0.1) is 0 Å². The summed E-state index contributed by atoms with van der Waals surface area (Å²) in [5.74, 6) is 1.75. The lowest BCUT2D eigenvalue weighted by Crippen LogP contribution is -2.04. The molecule has 0 unspecified atom stereocenters. The van der Waals surface area contributed by atoms with E-state index in [0.29, 0.717) is 0 Å². The van der Waals surface area contributed by atoms with Crippen molar-refractivity contribution < 1.29 is 4.42 Å². The van der Waals surface area contributed by atoms with E-state index in [1.165, 1.54) is 11.1 Å². The van der Waals surface area contributed by atoms with Gasteiger partial charge in [-0.25, -0.2) is 0 Å². The highest BCUT2D eigenvalue weighted by molar-refractivity contribution is 6.09. The molecule has 0 saturated heterocycles. The third-order valence-corrected chi connectivity index (χ3v) is 7.04. The number of allylic oxidation sites excluding steroid dienone is 4. The van der Waals surface area contributed by atoms with Crippen molar-refractivity contribution in [1.82, 2.24) is 14.8 Å². The second kappa shape index (κ2) is 10.6. The predicted octanol–water partition coefficient (Wildman–Crippen LogP) is 9.35. The van der Waals surface area contributed by atoms with Crippen LogP contribution in [-0.4, -0.2) is 14.8 Å². The Labute approximate surface area is 228 Å². The third kappa shape index (κ3) is 4.82. The molecule has 0 amide bonds. The zero-order valence-electron chi connectivity index (χ0n) is 22.6. The summed E-state index contributed by atoms with van der Waals surface area (Å²) in [6.45, 7) is 6.46. The van der Waals surface area contributed by atoms with Crippen LogP contribution in [-0.2, 0) is 6.42 Å². The van der Waals surface area contributed by atoms with Gasteiger partial charge in [-0.1, -0.05) is 109 Å². The van der Waals surface area contributed by atoms with Gasteiger partial charge >= 0.3 is 0 Å². The van der Waals surface area contributed by atoms with Gasteiger partial charge in [0.2, 0.25) is 0 Å². The summed E-state index contributed by atoms with van der Waals surface area (Å²) in [6, 6.07) is 33.4. The summed E-state index contributed by atoms with van der Waals surface area (Å²) in [6.07, 6.45) is 6.23. The molecule has 6 aromatic rings. The summed E-state index contributed by atoms with van der Waals surface area (Å²) in [5.41, 5.74) is 8.60. The van der Waals surface area contributed by atoms with E-state index in [9.17, 15) is 0 Å². The van der Waals surface area contributed by atoms with Gasteiger partial charge < -0.3 is 4.42 Å². The number of para-hydroxylation sites is 3. The molecule has 4 heteroatoms. The Morgan fingerprint density at radius 2 is 1.49 bits per heavy atom. The molecular weight excluding hydrogens is 478 g/mol. The smallest absolute Gasteiger partial charge is 0.168 e. The van der Waals surface area contributed by atoms with Gasteiger partial charge in [0, 0.05) is 34.0 Å². The Morgan fingerprint density at radius 3 is 2.28 bits per heavy atom. The first-order valence-corrected chi connectivity index (χ1v) is 13.5. The average Bonchev–Trinajstić information content (AvgIpc) is 3.55. The van der Waals surface area contributed by atoms with Crippen LogP contribution >= 0.6 is 0 Å². The molecule has 0 saturated carbocycles. The summed E-state index contributed by atoms with van der Waals surface area (Å²) < 4.78 is 8.45. The summed E-state index contributed by atoms with van der Waals surface area (Å²) in [7, 11) is 0. The van der Waals surface area contributed by atoms with E-state index >= 15 is 0 Å². The molecular formula is C35H31N3O. The summed E-state index contributed by atoms with van der Waals surface area (Å²) in [5, 5.41) is 11.6. The van der Waals surface area contributed by atoms with Gasteiger partial charge in [0.25, 0.3) is 0 Å². The normalized spacial score (nSPS) is 12.5. The maximum absolute atomic E-state index is 6.28. The van der Waals surface area contributed by atoms with E-state index in [2.05, 4.69) is 127 Å². The second-order valence-corrected chi connectivity index (χ2v) is 9.99. The van der Waals surface area contributed by atoms with Crippen molar-refractivity contribution >= 4 is 21.9 Å². The van der Waals surface area contributed by atoms with Crippen molar-refractivity contribution in [2.24, 2.45) is 0 Å². The molecule has 0 fully saturated rings. The van der Waals surface area contributed by atoms with E-state index in [0.717, 1.165) is 68.8 Å². The van der Waals surface area contributed by atoms with Gasteiger partial charge in [-0.2, -0.15) is 0 Å². The minimum absolute atomic E-state index is 0.725. The molecule has 0 aliphatic heterocycles. The van der Waals surface area contributed by atoms with Crippen LogP contribution in [0.3, 0.4) is 0 Å². The highest BCUT2D eigenvalue weighted by Gasteiger charge is 2.17. The van der Waals surface area contributed by atoms with Crippen LogP contribution in [0.15, 0.2) is 125 Å². The number of nitrogens with zero attached hydrogens (tertiary/aromatic N) is 3. The van der Waals surface area contributed by atoms with E-state index in [1.54, 1.807) is 0 Å². The molecule has 192 valence electrons. The molecule has 4 nitrogen and oxygen atoms in total. The minimum Gasteiger partial charge on any atom is -0.455 e. The zero-order valence-corrected chi connectivity index (χ0v) is 22.6. The number of hydrogen-bond acceptors (Lipinski definition) is 3. The quantitative estimate of drug-likeness (QED) is 0.201. The largest absolute Gasteiger partial charge is 0.455 e. The van der Waals surface area contributed by atoms with Crippen LogP contribution in [0.4, 0.5) is 0 Å². The first-order valence-electron chi connectivity index (χ1n) is 13.5. The Hall–Kier alpha value is -4.70. The average molecular weight is 510 g/mol. The van der Waals surface area contributed by atoms with Crippen LogP contribution in [0.5, 0.6) is 0 Å². The molecule has 39 heavy (non-hydrogen) atoms. The molecule has 0 aliphatic carbocycles. The standard InChI is InChI=1S/C35H31N3O/c1-4-11-24(2)22-25(3)23-33-36-37-35(38(33)28-12-6-5-7-13-28)27-20-18-26(19-21-27)29-15-10-16-31-30-14-8-9-17-32(30)39-34(29)31/h5-22H,4,23H2,1-3H3/b24-11-,25-22-. The van der Waals surface area contributed by atoms with Crippen molar-refractivity contribution in [3.05, 3.63) is 126 Å². The van der Waals surface area contributed by atoms with Crippen molar-refractivity contribution in [3.63, 3.8) is 0 Å². The first-order chi connectivity index (χ1) is 19.1. The molecule has 0 spiro atoms. The Kier molecular flexibility index (Phi) is 6.68. The molecule has 0 radical (unpaired) electrons. The van der Waals surface area contributed by atoms with E-state index in [-0.39, 0.29) is 0 Å². The third-order valence-electron chi connectivity index (χ3n) is 7.04. The molecule has 2 heterocycles. The lowest BCUT2D eigenvalue weighted by atomic mass is 10.0. The summed E-state index contributed by atoms with van der Waals surface area (Å²) >= 11 is 0. The Bertz CT molecular complexity index is 1820. The highest BCUT2D eigenvalue weighted by atomic mass is 16.3. The van der Waals surface area contributed by atoms with E-state index in [4.69, 9.17) is 4.42 Å². The second-order valence-electron chi connectivity index (χ2n) is 9.99. The lowest BCUT2D eigenvalue weighted by molar-refractivity contribution is 0.670. The van der Waals surface area contributed by atoms with E-state index in [1.807, 2.05) is 18.2 Å². The fourth-order valence-corrected chi connectivity index (χ4v) is 5.31. The van der Waals surface area contributed by atoms with Gasteiger partial charge in [-0.05, 0) is 44.0 Å². The number of hydrogen-bond donors (Lipinski definition) is 0. The van der Waals surface area contributed by atoms with Gasteiger partial charge in [-0.15, -0.1) is 10.2 Å². The molecule has 4 aromatic carbocycles. The van der Waals surface area contributed by atoms with Gasteiger partial charge in [0.05, 0.1) is 0 Å². The number of aromatic nitrogens is 3. The molecule has 0 aliphatic rings. The fourth-order valence-electron chi connectivity index (χ4n) is 5.31. The highest BCUT2D eigenvalue weighted by Crippen LogP contribution is 2.36. The summed E-state index contributed by atoms with van der Waals surface area (Å²) in [4.78, 5) is 0. The molecule has 0 N–H and O–H groups in total. The Morgan fingerprint density at radius 1 is 0.769 bits per heavy atom. The Balaban J connectivity index is 1.40. The van der Waals surface area contributed by atoms with Crippen molar-refractivity contribution in [2.75, 3.05) is 0 Å². The van der Waals surface area contributed by atoms with Gasteiger partial charge in [0.1, 0.15) is 17.0 Å². The zero-order chi connectivity index (χ0) is 26.8. The van der Waals surface area contributed by atoms with Crippen LogP contribution < -0.4 is 0 Å². The first kappa shape index (κ1) is 24.6. The predicted molar refractivity (Wildman–Crippen MR) is 161 cm³/mol. The SMILES string of the molecule is CC/C=C(C)\C=C(\C)Cc1nnc(-c2ccc(-c3cccc4c3oc3ccccc34)cc2)n1-c1ccccc1.